The van der Waals surface area contributed by atoms with Crippen LogP contribution >= 0.6 is 22.7 Å². The summed E-state index contributed by atoms with van der Waals surface area (Å²) < 4.78 is 0. The number of rotatable bonds is 2. The fourth-order valence-electron chi connectivity index (χ4n) is 2.65. The third kappa shape index (κ3) is 2.82. The predicted molar refractivity (Wildman–Crippen MR) is 87.1 cm³/mol. The van der Waals surface area contributed by atoms with Crippen molar-refractivity contribution >= 4 is 22.7 Å². The zero-order valence-corrected chi connectivity index (χ0v) is 13.2. The van der Waals surface area contributed by atoms with Crippen LogP contribution in [0, 0.1) is 11.8 Å². The Labute approximate surface area is 128 Å². The molecule has 0 saturated carbocycles. The van der Waals surface area contributed by atoms with E-state index in [1.807, 2.05) is 11.3 Å². The molecule has 0 saturated heterocycles. The number of nitrogens with zero attached hydrogens (tertiary/aromatic N) is 1. The molecule has 4 heteroatoms. The van der Waals surface area contributed by atoms with E-state index in [1.54, 1.807) is 16.2 Å². The highest BCUT2D eigenvalue weighted by Crippen LogP contribution is 2.34. The fourth-order valence-corrected chi connectivity index (χ4v) is 4.52. The summed E-state index contributed by atoms with van der Waals surface area (Å²) >= 11 is 3.68. The van der Waals surface area contributed by atoms with Crippen LogP contribution in [0.15, 0.2) is 23.6 Å². The molecule has 0 amide bonds. The molecule has 0 aliphatic carbocycles. The van der Waals surface area contributed by atoms with Crippen molar-refractivity contribution in [2.45, 2.75) is 25.9 Å². The van der Waals surface area contributed by atoms with Crippen molar-refractivity contribution < 1.29 is 0 Å². The van der Waals surface area contributed by atoms with Gasteiger partial charge in [-0.25, -0.2) is 0 Å². The van der Waals surface area contributed by atoms with Crippen molar-refractivity contribution in [1.29, 1.82) is 0 Å². The van der Waals surface area contributed by atoms with Gasteiger partial charge in [0.2, 0.25) is 0 Å². The van der Waals surface area contributed by atoms with E-state index in [0.717, 1.165) is 18.0 Å². The lowest BCUT2D eigenvalue weighted by Gasteiger charge is -2.33. The van der Waals surface area contributed by atoms with Gasteiger partial charge in [0, 0.05) is 28.9 Å². The van der Waals surface area contributed by atoms with Crippen LogP contribution in [0.1, 0.15) is 33.2 Å². The Kier molecular flexibility index (Phi) is 4.23. The Morgan fingerprint density at radius 1 is 1.40 bits per heavy atom. The molecular formula is C16H18N2S2. The smallest absolute Gasteiger partial charge is 0.0772 e. The summed E-state index contributed by atoms with van der Waals surface area (Å²) in [5.74, 6) is 6.03. The standard InChI is InChI=1S/C16H18N2S2/c1-12-15-7-10-19-16(15)6-9-18(12)11-14-5-4-13(20-14)3-2-8-17/h4-5,7,10,12H,6,8-9,11,17H2,1H3. The van der Waals surface area contributed by atoms with Crippen molar-refractivity contribution in [1.82, 2.24) is 4.90 Å². The van der Waals surface area contributed by atoms with Gasteiger partial charge in [0.1, 0.15) is 0 Å². The van der Waals surface area contributed by atoms with Gasteiger partial charge >= 0.3 is 0 Å². The Balaban J connectivity index is 1.71. The number of fused-ring (bicyclic) bond motifs is 1. The molecule has 2 aromatic rings. The molecule has 1 unspecified atom stereocenters. The Bertz CT molecular complexity index is 645. The topological polar surface area (TPSA) is 29.3 Å². The van der Waals surface area contributed by atoms with E-state index >= 15 is 0 Å². The van der Waals surface area contributed by atoms with Crippen LogP contribution in [0.5, 0.6) is 0 Å². The van der Waals surface area contributed by atoms with Crippen LogP contribution in [0.2, 0.25) is 0 Å². The van der Waals surface area contributed by atoms with E-state index < -0.39 is 0 Å². The quantitative estimate of drug-likeness (QED) is 0.863. The van der Waals surface area contributed by atoms with E-state index in [4.69, 9.17) is 5.73 Å². The summed E-state index contributed by atoms with van der Waals surface area (Å²) in [6.07, 6.45) is 1.18. The van der Waals surface area contributed by atoms with E-state index in [9.17, 15) is 0 Å². The first-order chi connectivity index (χ1) is 9.78. The maximum atomic E-state index is 5.41. The van der Waals surface area contributed by atoms with Crippen LogP contribution in [-0.2, 0) is 13.0 Å². The molecule has 0 spiro atoms. The van der Waals surface area contributed by atoms with Gasteiger partial charge in [-0.1, -0.05) is 11.8 Å². The van der Waals surface area contributed by atoms with Gasteiger partial charge in [-0.2, -0.15) is 0 Å². The molecule has 1 atom stereocenters. The number of nitrogens with two attached hydrogens (primary N) is 1. The average molecular weight is 302 g/mol. The number of hydrogen-bond acceptors (Lipinski definition) is 4. The van der Waals surface area contributed by atoms with Crippen LogP contribution in [0.25, 0.3) is 0 Å². The lowest BCUT2D eigenvalue weighted by Crippen LogP contribution is -2.32. The summed E-state index contributed by atoms with van der Waals surface area (Å²) in [5.41, 5.74) is 6.92. The van der Waals surface area contributed by atoms with E-state index in [0.29, 0.717) is 12.6 Å². The van der Waals surface area contributed by atoms with Gasteiger partial charge < -0.3 is 5.73 Å². The van der Waals surface area contributed by atoms with E-state index in [2.05, 4.69) is 47.2 Å². The van der Waals surface area contributed by atoms with Gasteiger partial charge in [0.05, 0.1) is 11.4 Å². The third-order valence-corrected chi connectivity index (χ3v) is 5.72. The van der Waals surface area contributed by atoms with Gasteiger partial charge in [-0.3, -0.25) is 4.90 Å². The lowest BCUT2D eigenvalue weighted by molar-refractivity contribution is 0.193. The highest BCUT2D eigenvalue weighted by atomic mass is 32.1. The molecule has 0 radical (unpaired) electrons. The highest BCUT2D eigenvalue weighted by molar-refractivity contribution is 7.12. The lowest BCUT2D eigenvalue weighted by atomic mass is 10.0. The normalized spacial score (nSPS) is 18.4. The van der Waals surface area contributed by atoms with Crippen LogP contribution in [0.4, 0.5) is 0 Å². The second kappa shape index (κ2) is 6.11. The molecular weight excluding hydrogens is 284 g/mol. The third-order valence-electron chi connectivity index (χ3n) is 3.74. The molecule has 2 N–H and O–H groups in total. The van der Waals surface area contributed by atoms with Crippen molar-refractivity contribution in [3.8, 4) is 11.8 Å². The van der Waals surface area contributed by atoms with Crippen molar-refractivity contribution in [3.63, 3.8) is 0 Å². The Hall–Kier alpha value is -1.12. The molecule has 1 aliphatic heterocycles. The zero-order valence-electron chi connectivity index (χ0n) is 11.6. The second-order valence-corrected chi connectivity index (χ2v) is 7.14. The van der Waals surface area contributed by atoms with Crippen LogP contribution < -0.4 is 5.73 Å². The molecule has 3 heterocycles. The zero-order chi connectivity index (χ0) is 13.9. The first-order valence-corrected chi connectivity index (χ1v) is 8.55. The Morgan fingerprint density at radius 3 is 3.15 bits per heavy atom. The average Bonchev–Trinajstić information content (AvgIpc) is 3.09. The van der Waals surface area contributed by atoms with Crippen molar-refractivity contribution in [2.75, 3.05) is 13.1 Å². The summed E-state index contributed by atoms with van der Waals surface area (Å²) in [5, 5.41) is 2.22. The largest absolute Gasteiger partial charge is 0.320 e. The molecule has 2 nitrogen and oxygen atoms in total. The molecule has 104 valence electrons. The highest BCUT2D eigenvalue weighted by Gasteiger charge is 2.24. The first-order valence-electron chi connectivity index (χ1n) is 6.86. The Morgan fingerprint density at radius 2 is 2.30 bits per heavy atom. The molecule has 0 aromatic carbocycles. The van der Waals surface area contributed by atoms with Crippen molar-refractivity contribution in [2.24, 2.45) is 5.73 Å². The molecule has 1 aliphatic rings. The fraction of sp³-hybridized carbons (Fsp3) is 0.375. The van der Waals surface area contributed by atoms with E-state index in [1.165, 1.54) is 16.9 Å². The second-order valence-electron chi connectivity index (χ2n) is 4.97. The summed E-state index contributed by atoms with van der Waals surface area (Å²) in [6, 6.07) is 7.10. The SMILES string of the molecule is CC1c2ccsc2CCN1Cc1ccc(C#CCN)s1. The summed E-state index contributed by atoms with van der Waals surface area (Å²) in [4.78, 5) is 6.62. The van der Waals surface area contributed by atoms with Crippen LogP contribution in [-0.4, -0.2) is 18.0 Å². The maximum absolute atomic E-state index is 5.41. The molecule has 0 fully saturated rings. The van der Waals surface area contributed by atoms with Gasteiger partial charge in [0.25, 0.3) is 0 Å². The molecule has 0 bridgehead atoms. The first kappa shape index (κ1) is 13.8. The summed E-state index contributed by atoms with van der Waals surface area (Å²) in [6.45, 7) is 4.91. The molecule has 20 heavy (non-hydrogen) atoms. The monoisotopic (exact) mass is 302 g/mol. The van der Waals surface area contributed by atoms with E-state index in [-0.39, 0.29) is 0 Å². The van der Waals surface area contributed by atoms with Crippen LogP contribution in [0.3, 0.4) is 0 Å². The number of thiophene rings is 2. The van der Waals surface area contributed by atoms with Gasteiger partial charge in [-0.15, -0.1) is 22.7 Å². The maximum Gasteiger partial charge on any atom is 0.0772 e. The number of hydrogen-bond donors (Lipinski definition) is 1. The van der Waals surface area contributed by atoms with Gasteiger partial charge in [0.15, 0.2) is 0 Å². The summed E-state index contributed by atoms with van der Waals surface area (Å²) in [7, 11) is 0. The minimum atomic E-state index is 0.428. The molecule has 2 aromatic heterocycles. The minimum Gasteiger partial charge on any atom is -0.320 e. The van der Waals surface area contributed by atoms with Crippen molar-refractivity contribution in [3.05, 3.63) is 43.8 Å². The minimum absolute atomic E-state index is 0.428. The molecule has 3 rings (SSSR count). The van der Waals surface area contributed by atoms with Gasteiger partial charge in [-0.05, 0) is 42.5 Å². The predicted octanol–water partition coefficient (Wildman–Crippen LogP) is 3.24.